The zero-order valence-corrected chi connectivity index (χ0v) is 23.6. The van der Waals surface area contributed by atoms with Crippen LogP contribution in [-0.2, 0) is 21.8 Å². The predicted molar refractivity (Wildman–Crippen MR) is 144 cm³/mol. The Morgan fingerprint density at radius 2 is 1.85 bits per heavy atom. The van der Waals surface area contributed by atoms with E-state index in [4.69, 9.17) is 9.47 Å². The molecule has 0 amide bonds. The molecular weight excluding hydrogens is 647 g/mol. The van der Waals surface area contributed by atoms with Crippen LogP contribution in [0.25, 0.3) is 11.1 Å². The van der Waals surface area contributed by atoms with E-state index in [1.165, 1.54) is 6.07 Å². The van der Waals surface area contributed by atoms with Gasteiger partial charge in [0.1, 0.15) is 12.4 Å². The van der Waals surface area contributed by atoms with Crippen molar-refractivity contribution in [3.8, 4) is 22.9 Å². The number of ether oxygens (including phenoxy) is 2. The van der Waals surface area contributed by atoms with E-state index in [1.807, 2.05) is 0 Å². The van der Waals surface area contributed by atoms with Gasteiger partial charge in [-0.25, -0.2) is 18.7 Å². The fourth-order valence-electron chi connectivity index (χ4n) is 5.11. The molecule has 1 saturated carbocycles. The highest BCUT2D eigenvalue weighted by molar-refractivity contribution is 14.1. The molecule has 3 aromatic rings. The molecule has 212 valence electrons. The Morgan fingerprint density at radius 3 is 2.50 bits per heavy atom. The molecule has 1 fully saturated rings. The topological polar surface area (TPSA) is 102 Å². The number of aromatic nitrogens is 2. The molecule has 40 heavy (non-hydrogen) atoms. The first kappa shape index (κ1) is 28.5. The molecule has 0 aliphatic heterocycles. The second-order valence-corrected chi connectivity index (χ2v) is 12.0. The molecule has 5 rings (SSSR count). The van der Waals surface area contributed by atoms with Gasteiger partial charge < -0.3 is 19.7 Å². The van der Waals surface area contributed by atoms with E-state index >= 15 is 0 Å². The van der Waals surface area contributed by atoms with E-state index in [9.17, 15) is 32.6 Å². The quantitative estimate of drug-likeness (QED) is 0.155. The molecule has 1 aromatic carbocycles. The summed E-state index contributed by atoms with van der Waals surface area (Å²) in [5.41, 5.74) is -0.0873. The lowest BCUT2D eigenvalue weighted by atomic mass is 9.98. The minimum absolute atomic E-state index is 0.0113. The maximum Gasteiger partial charge on any atom is 0.322 e. The van der Waals surface area contributed by atoms with Crippen molar-refractivity contribution in [1.82, 2.24) is 9.97 Å². The lowest BCUT2D eigenvalue weighted by molar-refractivity contribution is -0.139. The van der Waals surface area contributed by atoms with Crippen molar-refractivity contribution < 1.29 is 42.0 Å². The number of fused-ring (bicyclic) bond motifs is 3. The second kappa shape index (κ2) is 10.4. The summed E-state index contributed by atoms with van der Waals surface area (Å²) in [5, 5.41) is 19.1. The van der Waals surface area contributed by atoms with Gasteiger partial charge in [0.15, 0.2) is 5.82 Å². The highest BCUT2D eigenvalue weighted by Crippen LogP contribution is 2.61. The fraction of sp³-hybridized carbons (Fsp3) is 0.393. The molecular formula is C28H25F4IN2O5. The predicted octanol–water partition coefficient (Wildman–Crippen LogP) is 6.00. The van der Waals surface area contributed by atoms with Gasteiger partial charge in [0.05, 0.1) is 18.1 Å². The van der Waals surface area contributed by atoms with Crippen LogP contribution in [-0.4, -0.2) is 38.4 Å². The molecule has 0 radical (unpaired) electrons. The van der Waals surface area contributed by atoms with E-state index in [0.717, 1.165) is 46.0 Å². The van der Waals surface area contributed by atoms with Gasteiger partial charge in [0, 0.05) is 70.1 Å². The normalized spacial score (nSPS) is 19.6. The molecule has 2 aliphatic carbocycles. The fourth-order valence-corrected chi connectivity index (χ4v) is 5.56. The number of aliphatic hydroxyl groups is 1. The number of hydrogen-bond donors (Lipinski definition) is 2. The standard InChI is InChI=1S/C28H25F4IN2O5/c1-27(2,38)3-4-39-25-21(30)7-14(10-35-25)16-6-15(20(29)9-19(16)28(31,32)33)12-40-22-8-13-5-17-23(18(13)11-34-22)24(17)26(36)37/h6-11,17,23-24,38H,3-5,12H2,1-2H3,(H,36,37)/t17-,23-,24+/m1/s1. The van der Waals surface area contributed by atoms with E-state index < -0.39 is 38.6 Å². The third-order valence-corrected chi connectivity index (χ3v) is 7.79. The zero-order valence-electron chi connectivity index (χ0n) is 21.4. The van der Waals surface area contributed by atoms with Crippen molar-refractivity contribution in [2.24, 2.45) is 11.8 Å². The summed E-state index contributed by atoms with van der Waals surface area (Å²) in [6.45, 7) is 2.80. The SMILES string of the molecule is CC(C)(O)CCOc1ncc(-c2cc(COc3cc4c(cn3)[C@H]3[C@@H](C4)[C@@H]3C(=O)O)c(F)cc2C(F)(F)I)cc1F. The van der Waals surface area contributed by atoms with Gasteiger partial charge in [0.2, 0.25) is 11.8 Å². The Morgan fingerprint density at radius 1 is 1.10 bits per heavy atom. The molecule has 2 heterocycles. The molecule has 0 saturated heterocycles. The Bertz CT molecular complexity index is 1470. The summed E-state index contributed by atoms with van der Waals surface area (Å²) in [6.07, 6.45) is 3.53. The minimum Gasteiger partial charge on any atom is -0.481 e. The first-order chi connectivity index (χ1) is 18.7. The number of rotatable bonds is 10. The van der Waals surface area contributed by atoms with E-state index in [2.05, 4.69) is 9.97 Å². The maximum atomic E-state index is 14.9. The molecule has 2 aromatic heterocycles. The average molecular weight is 672 g/mol. The third kappa shape index (κ3) is 5.87. The Kier molecular flexibility index (Phi) is 7.44. The van der Waals surface area contributed by atoms with Gasteiger partial charge in [-0.3, -0.25) is 4.79 Å². The van der Waals surface area contributed by atoms with Crippen LogP contribution in [0.2, 0.25) is 0 Å². The number of nitrogens with zero attached hydrogens (tertiary/aromatic N) is 2. The summed E-state index contributed by atoms with van der Waals surface area (Å²) in [7, 11) is 0. The third-order valence-electron chi connectivity index (χ3n) is 7.21. The molecule has 0 unspecified atom stereocenters. The van der Waals surface area contributed by atoms with Gasteiger partial charge >= 0.3 is 9.90 Å². The first-order valence-electron chi connectivity index (χ1n) is 12.5. The van der Waals surface area contributed by atoms with Gasteiger partial charge in [0.25, 0.3) is 0 Å². The smallest absolute Gasteiger partial charge is 0.322 e. The number of halogens is 5. The summed E-state index contributed by atoms with van der Waals surface area (Å²) in [5.74, 6) is -3.21. The summed E-state index contributed by atoms with van der Waals surface area (Å²) >= 11 is 0.882. The zero-order chi connectivity index (χ0) is 29.0. The molecule has 2 aliphatic rings. The van der Waals surface area contributed by atoms with Crippen LogP contribution in [0.3, 0.4) is 0 Å². The average Bonchev–Trinajstić information content (AvgIpc) is 3.45. The minimum atomic E-state index is -3.47. The Hall–Kier alpha value is -3.00. The summed E-state index contributed by atoms with van der Waals surface area (Å²) < 4.78 is 66.0. The number of hydrogen-bond acceptors (Lipinski definition) is 6. The van der Waals surface area contributed by atoms with Crippen molar-refractivity contribution in [3.63, 3.8) is 0 Å². The summed E-state index contributed by atoms with van der Waals surface area (Å²) in [6, 6.07) is 4.53. The number of carbonyl (C=O) groups is 1. The van der Waals surface area contributed by atoms with Crippen LogP contribution in [0.4, 0.5) is 17.6 Å². The van der Waals surface area contributed by atoms with Crippen molar-refractivity contribution in [2.75, 3.05) is 6.61 Å². The van der Waals surface area contributed by atoms with Gasteiger partial charge in [-0.1, -0.05) is 0 Å². The summed E-state index contributed by atoms with van der Waals surface area (Å²) in [4.78, 5) is 19.4. The highest BCUT2D eigenvalue weighted by Gasteiger charge is 2.59. The largest absolute Gasteiger partial charge is 0.481 e. The van der Waals surface area contributed by atoms with Crippen molar-refractivity contribution in [3.05, 3.63) is 70.5 Å². The molecule has 7 nitrogen and oxygen atoms in total. The number of carboxylic acid groups (broad SMARTS) is 1. The van der Waals surface area contributed by atoms with Crippen LogP contribution in [0.15, 0.2) is 36.7 Å². The Balaban J connectivity index is 1.36. The highest BCUT2D eigenvalue weighted by atomic mass is 127. The van der Waals surface area contributed by atoms with E-state index in [-0.39, 0.29) is 59.9 Å². The molecule has 0 spiro atoms. The molecule has 12 heteroatoms. The van der Waals surface area contributed by atoms with Crippen molar-refractivity contribution in [1.29, 1.82) is 0 Å². The van der Waals surface area contributed by atoms with Gasteiger partial charge in [-0.15, -0.1) is 0 Å². The van der Waals surface area contributed by atoms with Gasteiger partial charge in [-0.05, 0) is 61.1 Å². The molecule has 0 bridgehead atoms. The van der Waals surface area contributed by atoms with Gasteiger partial charge in [-0.2, -0.15) is 8.78 Å². The monoisotopic (exact) mass is 672 g/mol. The number of benzene rings is 1. The molecule has 3 atom stereocenters. The Labute approximate surface area is 240 Å². The molecule has 2 N–H and O–H groups in total. The second-order valence-electron chi connectivity index (χ2n) is 10.7. The first-order valence-corrected chi connectivity index (χ1v) is 13.6. The van der Waals surface area contributed by atoms with Crippen LogP contribution < -0.4 is 9.47 Å². The number of aliphatic carboxylic acids is 1. The van der Waals surface area contributed by atoms with Crippen LogP contribution >= 0.6 is 22.6 Å². The lowest BCUT2D eigenvalue weighted by Gasteiger charge is -2.18. The van der Waals surface area contributed by atoms with Crippen molar-refractivity contribution >= 4 is 28.6 Å². The number of pyridine rings is 2. The lowest BCUT2D eigenvalue weighted by Crippen LogP contribution is -2.22. The van der Waals surface area contributed by atoms with Crippen LogP contribution in [0, 0.1) is 23.5 Å². The maximum absolute atomic E-state index is 14.9. The van der Waals surface area contributed by atoms with Crippen LogP contribution in [0.5, 0.6) is 11.8 Å². The number of carboxylic acids is 1. The van der Waals surface area contributed by atoms with E-state index in [1.54, 1.807) is 26.1 Å². The van der Waals surface area contributed by atoms with Crippen LogP contribution in [0.1, 0.15) is 48.4 Å². The van der Waals surface area contributed by atoms with E-state index in [0.29, 0.717) is 12.5 Å². The van der Waals surface area contributed by atoms with Crippen molar-refractivity contribution in [2.45, 2.75) is 48.7 Å². The number of alkyl halides is 3.